The number of rotatable bonds is 3. The SMILES string of the molecule is C/C(=C\c1ccc(CO)cn1)[C@@H]1C[C@@H]2C[C@@]2(C)CCC[C@H](C)[C@H](O)[C@@H](C)C(=O)C(C)(C)[C@@H](O)CC(=O)O1. The average molecular weight is 516 g/mol. The zero-order chi connectivity index (χ0) is 27.5. The zero-order valence-electron chi connectivity index (χ0n) is 23.2. The molecule has 0 spiro atoms. The third-order valence-corrected chi connectivity index (χ3v) is 8.97. The highest BCUT2D eigenvalue weighted by molar-refractivity contribution is 5.88. The molecule has 2 fully saturated rings. The van der Waals surface area contributed by atoms with Crippen LogP contribution in [0.3, 0.4) is 0 Å². The van der Waals surface area contributed by atoms with Crippen molar-refractivity contribution in [1.29, 1.82) is 0 Å². The van der Waals surface area contributed by atoms with Gasteiger partial charge in [-0.15, -0.1) is 0 Å². The summed E-state index contributed by atoms with van der Waals surface area (Å²) in [6.07, 6.45) is 5.29. The van der Waals surface area contributed by atoms with Crippen LogP contribution >= 0.6 is 0 Å². The summed E-state index contributed by atoms with van der Waals surface area (Å²) in [5.74, 6) is -1.07. The second-order valence-corrected chi connectivity index (χ2v) is 12.4. The summed E-state index contributed by atoms with van der Waals surface area (Å²) in [7, 11) is 0. The topological polar surface area (TPSA) is 117 Å². The number of cyclic esters (lactones) is 1. The largest absolute Gasteiger partial charge is 0.458 e. The molecule has 0 amide bonds. The Labute approximate surface area is 221 Å². The maximum atomic E-state index is 13.3. The Hall–Kier alpha value is -2.09. The molecule has 7 heteroatoms. The first-order valence-electron chi connectivity index (χ1n) is 13.6. The number of nitrogens with zero attached hydrogens (tertiary/aromatic N) is 1. The smallest absolute Gasteiger partial charge is 0.309 e. The van der Waals surface area contributed by atoms with Gasteiger partial charge < -0.3 is 20.1 Å². The van der Waals surface area contributed by atoms with Crippen LogP contribution in [0.2, 0.25) is 0 Å². The van der Waals surface area contributed by atoms with Gasteiger partial charge in [-0.1, -0.05) is 47.1 Å². The first-order valence-corrected chi connectivity index (χ1v) is 13.6. The fraction of sp³-hybridized carbons (Fsp3) is 0.700. The quantitative estimate of drug-likeness (QED) is 0.509. The van der Waals surface area contributed by atoms with Crippen molar-refractivity contribution in [3.05, 3.63) is 35.2 Å². The van der Waals surface area contributed by atoms with Gasteiger partial charge >= 0.3 is 5.97 Å². The molecular weight excluding hydrogens is 470 g/mol. The summed E-state index contributed by atoms with van der Waals surface area (Å²) in [5.41, 5.74) is 1.26. The van der Waals surface area contributed by atoms with Crippen molar-refractivity contribution in [3.63, 3.8) is 0 Å². The van der Waals surface area contributed by atoms with Gasteiger partial charge in [-0.2, -0.15) is 0 Å². The van der Waals surface area contributed by atoms with E-state index in [1.54, 1.807) is 27.0 Å². The summed E-state index contributed by atoms with van der Waals surface area (Å²) in [4.78, 5) is 30.7. The number of hydrogen-bond donors (Lipinski definition) is 3. The lowest BCUT2D eigenvalue weighted by Crippen LogP contribution is -2.45. The van der Waals surface area contributed by atoms with Crippen molar-refractivity contribution in [1.82, 2.24) is 4.98 Å². The summed E-state index contributed by atoms with van der Waals surface area (Å²) in [6, 6.07) is 3.63. The molecule has 7 atom stereocenters. The van der Waals surface area contributed by atoms with Crippen LogP contribution in [0.4, 0.5) is 0 Å². The maximum absolute atomic E-state index is 13.3. The van der Waals surface area contributed by atoms with Crippen LogP contribution in [-0.2, 0) is 20.9 Å². The van der Waals surface area contributed by atoms with E-state index in [1.807, 2.05) is 32.1 Å². The first-order chi connectivity index (χ1) is 17.3. The third kappa shape index (κ3) is 7.06. The molecule has 37 heavy (non-hydrogen) atoms. The average Bonchev–Trinajstić information content (AvgIpc) is 3.50. The van der Waals surface area contributed by atoms with E-state index in [4.69, 9.17) is 4.74 Å². The number of fused-ring (bicyclic) bond motifs is 1. The molecule has 0 bridgehead atoms. The van der Waals surface area contributed by atoms with Gasteiger partial charge in [0, 0.05) is 12.1 Å². The van der Waals surface area contributed by atoms with Crippen molar-refractivity contribution < 1.29 is 29.6 Å². The number of aliphatic hydroxyl groups excluding tert-OH is 3. The molecule has 1 saturated heterocycles. The minimum Gasteiger partial charge on any atom is -0.458 e. The molecule has 7 nitrogen and oxygen atoms in total. The molecule has 1 aliphatic carbocycles. The molecule has 1 saturated carbocycles. The van der Waals surface area contributed by atoms with Crippen molar-refractivity contribution in [3.8, 4) is 0 Å². The van der Waals surface area contributed by atoms with Crippen LogP contribution in [0.5, 0.6) is 0 Å². The number of aromatic nitrogens is 1. The third-order valence-electron chi connectivity index (χ3n) is 8.97. The van der Waals surface area contributed by atoms with Crippen LogP contribution < -0.4 is 0 Å². The van der Waals surface area contributed by atoms with E-state index in [0.717, 1.165) is 36.8 Å². The van der Waals surface area contributed by atoms with Gasteiger partial charge in [0.25, 0.3) is 0 Å². The molecule has 0 unspecified atom stereocenters. The van der Waals surface area contributed by atoms with E-state index >= 15 is 0 Å². The van der Waals surface area contributed by atoms with E-state index < -0.39 is 35.6 Å². The van der Waals surface area contributed by atoms with Crippen LogP contribution in [0, 0.1) is 28.6 Å². The Balaban J connectivity index is 1.86. The minimum absolute atomic E-state index is 0.0341. The number of ketones is 1. The monoisotopic (exact) mass is 515 g/mol. The van der Waals surface area contributed by atoms with Crippen LogP contribution in [0.25, 0.3) is 6.08 Å². The maximum Gasteiger partial charge on any atom is 0.309 e. The second kappa shape index (κ2) is 11.7. The van der Waals surface area contributed by atoms with Gasteiger partial charge in [-0.25, -0.2) is 0 Å². The summed E-state index contributed by atoms with van der Waals surface area (Å²) < 4.78 is 5.94. The molecule has 1 aromatic heterocycles. The predicted molar refractivity (Wildman–Crippen MR) is 142 cm³/mol. The summed E-state index contributed by atoms with van der Waals surface area (Å²) in [6.45, 7) is 11.1. The normalized spacial score (nSPS) is 36.0. The highest BCUT2D eigenvalue weighted by atomic mass is 16.5. The standard InChI is InChI=1S/C30H45NO6/c1-18-8-7-11-30(6)15-22(30)13-24(19(2)12-23-10-9-21(17-32)16-31-23)37-26(34)14-25(33)29(4,5)28(36)20(3)27(18)35/h9-10,12,16,18,20,22,24-25,27,32-33,35H,7-8,11,13-15,17H2,1-6H3/b19-12+/t18-,20+,22+,24-,25-,27-,30+/m0/s1. The van der Waals surface area contributed by atoms with Crippen molar-refractivity contribution >= 4 is 17.8 Å². The van der Waals surface area contributed by atoms with E-state index in [9.17, 15) is 24.9 Å². The number of aliphatic hydroxyl groups is 3. The molecule has 2 aliphatic rings. The molecule has 1 aliphatic heterocycles. The summed E-state index contributed by atoms with van der Waals surface area (Å²) in [5, 5.41) is 31.1. The molecule has 0 radical (unpaired) electrons. The fourth-order valence-electron chi connectivity index (χ4n) is 5.72. The van der Waals surface area contributed by atoms with Crippen molar-refractivity contribution in [2.45, 2.75) is 105 Å². The Bertz CT molecular complexity index is 986. The fourth-order valence-corrected chi connectivity index (χ4v) is 5.72. The van der Waals surface area contributed by atoms with E-state index in [2.05, 4.69) is 11.9 Å². The van der Waals surface area contributed by atoms with Gasteiger partial charge in [0.05, 0.1) is 36.3 Å². The molecular formula is C30H45NO6. The Kier molecular flexibility index (Phi) is 9.36. The molecule has 3 N–H and O–H groups in total. The first kappa shape index (κ1) is 29.5. The number of carbonyl (C=O) groups excluding carboxylic acids is 2. The number of Topliss-reactive ketones (excluding diaryl/α,β-unsaturated/α-hetero) is 1. The number of ether oxygens (including phenoxy) is 1. The highest BCUT2D eigenvalue weighted by Crippen LogP contribution is 2.58. The van der Waals surface area contributed by atoms with Gasteiger partial charge in [0.1, 0.15) is 11.9 Å². The summed E-state index contributed by atoms with van der Waals surface area (Å²) >= 11 is 0. The molecule has 2 heterocycles. The molecule has 3 rings (SSSR count). The van der Waals surface area contributed by atoms with E-state index in [1.165, 1.54) is 0 Å². The predicted octanol–water partition coefficient (Wildman–Crippen LogP) is 4.47. The lowest BCUT2D eigenvalue weighted by Gasteiger charge is -2.34. The van der Waals surface area contributed by atoms with Crippen LogP contribution in [0.15, 0.2) is 23.9 Å². The second-order valence-electron chi connectivity index (χ2n) is 12.4. The van der Waals surface area contributed by atoms with E-state index in [0.29, 0.717) is 18.0 Å². The van der Waals surface area contributed by atoms with Gasteiger partial charge in [0.15, 0.2) is 0 Å². The van der Waals surface area contributed by atoms with Gasteiger partial charge in [-0.05, 0) is 73.1 Å². The number of carbonyl (C=O) groups is 2. The number of esters is 1. The van der Waals surface area contributed by atoms with Crippen molar-refractivity contribution in [2.24, 2.45) is 28.6 Å². The number of pyridine rings is 1. The van der Waals surface area contributed by atoms with Crippen LogP contribution in [0.1, 0.15) is 91.3 Å². The Morgan fingerprint density at radius 3 is 2.51 bits per heavy atom. The molecule has 206 valence electrons. The molecule has 0 aromatic carbocycles. The zero-order valence-corrected chi connectivity index (χ0v) is 23.2. The Morgan fingerprint density at radius 1 is 1.19 bits per heavy atom. The van der Waals surface area contributed by atoms with Gasteiger partial charge in [0.2, 0.25) is 0 Å². The van der Waals surface area contributed by atoms with Crippen molar-refractivity contribution in [2.75, 3.05) is 0 Å². The lowest BCUT2D eigenvalue weighted by molar-refractivity contribution is -0.154. The van der Waals surface area contributed by atoms with Crippen LogP contribution in [-0.4, -0.2) is 50.4 Å². The Morgan fingerprint density at radius 2 is 1.89 bits per heavy atom. The number of hydrogen-bond acceptors (Lipinski definition) is 7. The highest BCUT2D eigenvalue weighted by Gasteiger charge is 2.50. The lowest BCUT2D eigenvalue weighted by atomic mass is 9.73. The van der Waals surface area contributed by atoms with Gasteiger partial charge in [-0.3, -0.25) is 14.6 Å². The molecule has 1 aromatic rings. The van der Waals surface area contributed by atoms with E-state index in [-0.39, 0.29) is 30.1 Å². The minimum atomic E-state index is -1.23.